The van der Waals surface area contributed by atoms with Gasteiger partial charge in [-0.3, -0.25) is 0 Å². The first-order valence-electron chi connectivity index (χ1n) is 5.57. The lowest BCUT2D eigenvalue weighted by molar-refractivity contribution is -0.139. The Morgan fingerprint density at radius 2 is 2.16 bits per heavy atom. The Balaban J connectivity index is 1.76. The van der Waals surface area contributed by atoms with Crippen molar-refractivity contribution in [3.63, 3.8) is 0 Å². The minimum Gasteiger partial charge on any atom is -0.465 e. The molecular weight excluding hydrogens is 246 g/mol. The summed E-state index contributed by atoms with van der Waals surface area (Å²) in [5.41, 5.74) is 1.28. The van der Waals surface area contributed by atoms with Gasteiger partial charge in [-0.15, -0.1) is 5.10 Å². The average molecular weight is 255 g/mol. The van der Waals surface area contributed by atoms with Crippen LogP contribution in [0, 0.1) is 0 Å². The van der Waals surface area contributed by atoms with Crippen LogP contribution in [0.2, 0.25) is 0 Å². The molecule has 0 N–H and O–H groups in total. The van der Waals surface area contributed by atoms with Crippen molar-refractivity contribution in [2.75, 3.05) is 0 Å². The molecular formula is C13H9N3O3. The number of benzene rings is 1. The average Bonchev–Trinajstić information content (AvgIpc) is 3.07. The normalized spacial score (nSPS) is 11.2. The Hall–Kier alpha value is -2.89. The molecule has 0 radical (unpaired) electrons. The fraction of sp³-hybridized carbons (Fsp3) is 0. The highest BCUT2D eigenvalue weighted by molar-refractivity contribution is 5.87. The molecule has 0 saturated heterocycles. The van der Waals surface area contributed by atoms with Crippen LogP contribution in [0.25, 0.3) is 17.1 Å². The van der Waals surface area contributed by atoms with Crippen LogP contribution in [0.15, 0.2) is 53.2 Å². The van der Waals surface area contributed by atoms with E-state index in [0.29, 0.717) is 16.8 Å². The van der Waals surface area contributed by atoms with Crippen LogP contribution in [0.4, 0.5) is 0 Å². The maximum atomic E-state index is 11.6. The molecule has 0 amide bonds. The van der Waals surface area contributed by atoms with Crippen molar-refractivity contribution in [2.24, 2.45) is 0 Å². The third-order valence-corrected chi connectivity index (χ3v) is 2.42. The standard InChI is InChI=1S/C13H9N3O3/c17-13(8-7-10-4-3-9-18-10)19-16-12-6-2-1-5-11(12)14-15-16/h1-9H/b8-7+. The van der Waals surface area contributed by atoms with E-state index in [0.717, 1.165) is 4.85 Å². The monoisotopic (exact) mass is 255 g/mol. The van der Waals surface area contributed by atoms with Crippen molar-refractivity contribution >= 4 is 23.1 Å². The predicted molar refractivity (Wildman–Crippen MR) is 66.9 cm³/mol. The van der Waals surface area contributed by atoms with Crippen LogP contribution in [0.3, 0.4) is 0 Å². The lowest BCUT2D eigenvalue weighted by Gasteiger charge is -1.98. The number of rotatable bonds is 3. The highest BCUT2D eigenvalue weighted by Gasteiger charge is 2.07. The summed E-state index contributed by atoms with van der Waals surface area (Å²) in [6.45, 7) is 0. The van der Waals surface area contributed by atoms with Crippen LogP contribution in [0.1, 0.15) is 5.76 Å². The molecule has 3 aromatic rings. The van der Waals surface area contributed by atoms with Crippen LogP contribution >= 0.6 is 0 Å². The SMILES string of the molecule is O=C(/C=C/c1ccco1)On1nnc2ccccc21. The van der Waals surface area contributed by atoms with Crippen molar-refractivity contribution in [3.05, 3.63) is 54.5 Å². The lowest BCUT2D eigenvalue weighted by atomic mass is 10.3. The van der Waals surface area contributed by atoms with E-state index in [-0.39, 0.29) is 0 Å². The van der Waals surface area contributed by atoms with Crippen LogP contribution in [-0.4, -0.2) is 21.1 Å². The molecule has 0 unspecified atom stereocenters. The smallest absolute Gasteiger partial charge is 0.358 e. The minimum atomic E-state index is -0.563. The zero-order valence-electron chi connectivity index (χ0n) is 9.76. The van der Waals surface area contributed by atoms with Gasteiger partial charge in [0.05, 0.1) is 6.26 Å². The second kappa shape index (κ2) is 4.77. The number of furan rings is 1. The number of aromatic nitrogens is 3. The van der Waals surface area contributed by atoms with E-state index in [9.17, 15) is 4.79 Å². The molecule has 0 bridgehead atoms. The maximum absolute atomic E-state index is 11.6. The van der Waals surface area contributed by atoms with Crippen molar-refractivity contribution < 1.29 is 14.0 Å². The number of carbonyl (C=O) groups excluding carboxylic acids is 1. The van der Waals surface area contributed by atoms with Crippen LogP contribution in [-0.2, 0) is 4.79 Å². The number of para-hydroxylation sites is 1. The number of nitrogens with zero attached hydrogens (tertiary/aromatic N) is 3. The second-order valence-corrected chi connectivity index (χ2v) is 3.71. The molecule has 3 rings (SSSR count). The lowest BCUT2D eigenvalue weighted by Crippen LogP contribution is -2.18. The fourth-order valence-electron chi connectivity index (χ4n) is 1.57. The van der Waals surface area contributed by atoms with Gasteiger partial charge in [0.1, 0.15) is 16.8 Å². The summed E-state index contributed by atoms with van der Waals surface area (Å²) in [7, 11) is 0. The molecule has 6 heteroatoms. The molecule has 0 spiro atoms. The van der Waals surface area contributed by atoms with E-state index in [1.807, 2.05) is 12.1 Å². The molecule has 6 nitrogen and oxygen atoms in total. The summed E-state index contributed by atoms with van der Waals surface area (Å²) < 4.78 is 5.06. The van der Waals surface area contributed by atoms with Gasteiger partial charge in [0.15, 0.2) is 0 Å². The zero-order valence-corrected chi connectivity index (χ0v) is 9.76. The van der Waals surface area contributed by atoms with Crippen molar-refractivity contribution in [1.82, 2.24) is 15.2 Å². The molecule has 0 fully saturated rings. The molecule has 0 atom stereocenters. The first-order valence-corrected chi connectivity index (χ1v) is 5.57. The molecule has 2 heterocycles. The van der Waals surface area contributed by atoms with Gasteiger partial charge in [-0.1, -0.05) is 17.0 Å². The van der Waals surface area contributed by atoms with Gasteiger partial charge in [0.25, 0.3) is 0 Å². The minimum absolute atomic E-state index is 0.563. The summed E-state index contributed by atoms with van der Waals surface area (Å²) in [5.74, 6) is 0.00690. The summed E-state index contributed by atoms with van der Waals surface area (Å²) in [6, 6.07) is 10.7. The first kappa shape index (κ1) is 11.2. The Morgan fingerprint density at radius 3 is 3.00 bits per heavy atom. The number of hydrogen-bond donors (Lipinski definition) is 0. The van der Waals surface area contributed by atoms with Crippen molar-refractivity contribution in [3.8, 4) is 0 Å². The van der Waals surface area contributed by atoms with Gasteiger partial charge >= 0.3 is 5.97 Å². The predicted octanol–water partition coefficient (Wildman–Crippen LogP) is 1.69. The Morgan fingerprint density at radius 1 is 1.26 bits per heavy atom. The van der Waals surface area contributed by atoms with E-state index >= 15 is 0 Å². The number of fused-ring (bicyclic) bond motifs is 1. The summed E-state index contributed by atoms with van der Waals surface area (Å²) in [5, 5.41) is 7.62. The number of hydrogen-bond acceptors (Lipinski definition) is 5. The highest BCUT2D eigenvalue weighted by Crippen LogP contribution is 2.08. The fourth-order valence-corrected chi connectivity index (χ4v) is 1.57. The largest absolute Gasteiger partial charge is 0.465 e. The van der Waals surface area contributed by atoms with Crippen molar-refractivity contribution in [2.45, 2.75) is 0 Å². The quantitative estimate of drug-likeness (QED) is 0.526. The topological polar surface area (TPSA) is 70.2 Å². The highest BCUT2D eigenvalue weighted by atomic mass is 16.7. The van der Waals surface area contributed by atoms with Crippen LogP contribution in [0.5, 0.6) is 0 Å². The molecule has 0 aliphatic carbocycles. The molecule has 0 aliphatic rings. The first-order chi connectivity index (χ1) is 9.33. The summed E-state index contributed by atoms with van der Waals surface area (Å²) in [4.78, 5) is 17.7. The molecule has 2 aromatic heterocycles. The molecule has 19 heavy (non-hydrogen) atoms. The van der Waals surface area contributed by atoms with E-state index < -0.39 is 5.97 Å². The Labute approximate surface area is 107 Å². The van der Waals surface area contributed by atoms with Gasteiger partial charge in [0.2, 0.25) is 0 Å². The van der Waals surface area contributed by atoms with E-state index in [1.54, 1.807) is 24.3 Å². The van der Waals surface area contributed by atoms with Gasteiger partial charge in [-0.25, -0.2) is 4.79 Å². The van der Waals surface area contributed by atoms with Gasteiger partial charge in [0, 0.05) is 6.08 Å². The zero-order chi connectivity index (χ0) is 13.1. The Bertz CT molecular complexity index is 729. The van der Waals surface area contributed by atoms with Gasteiger partial charge in [-0.2, -0.15) is 0 Å². The molecule has 1 aromatic carbocycles. The number of carbonyl (C=O) groups is 1. The van der Waals surface area contributed by atoms with Gasteiger partial charge < -0.3 is 9.25 Å². The van der Waals surface area contributed by atoms with Crippen molar-refractivity contribution in [1.29, 1.82) is 0 Å². The maximum Gasteiger partial charge on any atom is 0.358 e. The summed E-state index contributed by atoms with van der Waals surface area (Å²) >= 11 is 0. The molecule has 0 aliphatic heterocycles. The van der Waals surface area contributed by atoms with E-state index in [2.05, 4.69) is 10.3 Å². The van der Waals surface area contributed by atoms with E-state index in [4.69, 9.17) is 9.25 Å². The van der Waals surface area contributed by atoms with Crippen LogP contribution < -0.4 is 4.84 Å². The molecule has 94 valence electrons. The third kappa shape index (κ3) is 2.37. The second-order valence-electron chi connectivity index (χ2n) is 3.71. The summed E-state index contributed by atoms with van der Waals surface area (Å²) in [6.07, 6.45) is 4.30. The Kier molecular flexibility index (Phi) is 2.82. The van der Waals surface area contributed by atoms with Gasteiger partial charge in [-0.05, 0) is 35.6 Å². The third-order valence-electron chi connectivity index (χ3n) is 2.42. The molecule has 0 saturated carbocycles. The van der Waals surface area contributed by atoms with E-state index in [1.165, 1.54) is 18.4 Å².